The largest absolute Gasteiger partial charge is 0.349 e. The quantitative estimate of drug-likeness (QED) is 0.712. The molecule has 1 saturated heterocycles. The zero-order chi connectivity index (χ0) is 19.5. The molecule has 0 aromatic heterocycles. The Balaban J connectivity index is 1.39. The van der Waals surface area contributed by atoms with Gasteiger partial charge in [0.15, 0.2) is 0 Å². The lowest BCUT2D eigenvalue weighted by Crippen LogP contribution is -2.46. The number of benzene rings is 3. The lowest BCUT2D eigenvalue weighted by Gasteiger charge is -2.32. The summed E-state index contributed by atoms with van der Waals surface area (Å²) in [5, 5.41) is 5.70. The third-order valence-electron chi connectivity index (χ3n) is 5.22. The van der Waals surface area contributed by atoms with Gasteiger partial charge in [0.05, 0.1) is 0 Å². The highest BCUT2D eigenvalue weighted by molar-refractivity contribution is 6.30. The Hall–Kier alpha value is -2.85. The minimum atomic E-state index is -0.0589. The maximum absolute atomic E-state index is 12.8. The first kappa shape index (κ1) is 18.5. The number of carbonyl (C=O) groups is 2. The number of hydrogen-bond donors (Lipinski definition) is 1. The Kier molecular flexibility index (Phi) is 5.31. The monoisotopic (exact) mass is 392 g/mol. The van der Waals surface area contributed by atoms with E-state index in [1.165, 1.54) is 0 Å². The standard InChI is InChI=1S/C23H21ClN2O2/c24-18-8-3-7-17(15-18)23(28)26-13-11-19(12-14-26)25-22(27)21-10-4-6-16-5-1-2-9-20(16)21/h1-10,15,19H,11-14H2,(H,25,27). The average molecular weight is 393 g/mol. The summed E-state index contributed by atoms with van der Waals surface area (Å²) in [5.41, 5.74) is 1.29. The molecule has 0 unspecified atom stereocenters. The van der Waals surface area contributed by atoms with Crippen molar-refractivity contribution in [3.05, 3.63) is 82.9 Å². The van der Waals surface area contributed by atoms with E-state index in [0.717, 1.165) is 23.6 Å². The summed E-state index contributed by atoms with van der Waals surface area (Å²) >= 11 is 5.99. The molecule has 0 atom stereocenters. The molecule has 28 heavy (non-hydrogen) atoms. The number of piperidine rings is 1. The van der Waals surface area contributed by atoms with Gasteiger partial charge in [0, 0.05) is 35.3 Å². The van der Waals surface area contributed by atoms with Gasteiger partial charge in [0.1, 0.15) is 0 Å². The van der Waals surface area contributed by atoms with Crippen LogP contribution in [-0.2, 0) is 0 Å². The molecular weight excluding hydrogens is 372 g/mol. The number of fused-ring (bicyclic) bond motifs is 1. The van der Waals surface area contributed by atoms with Gasteiger partial charge in [0.25, 0.3) is 11.8 Å². The molecule has 5 heteroatoms. The van der Waals surface area contributed by atoms with Gasteiger partial charge in [-0.1, -0.05) is 54.1 Å². The highest BCUT2D eigenvalue weighted by Crippen LogP contribution is 2.20. The maximum Gasteiger partial charge on any atom is 0.253 e. The van der Waals surface area contributed by atoms with Crippen LogP contribution in [0.1, 0.15) is 33.6 Å². The molecule has 1 aliphatic rings. The van der Waals surface area contributed by atoms with Crippen molar-refractivity contribution in [3.8, 4) is 0 Å². The van der Waals surface area contributed by atoms with Gasteiger partial charge in [-0.05, 0) is 47.9 Å². The summed E-state index contributed by atoms with van der Waals surface area (Å²) in [6.45, 7) is 1.23. The van der Waals surface area contributed by atoms with Crippen molar-refractivity contribution in [2.75, 3.05) is 13.1 Å². The van der Waals surface area contributed by atoms with Crippen molar-refractivity contribution in [2.45, 2.75) is 18.9 Å². The van der Waals surface area contributed by atoms with Crippen molar-refractivity contribution >= 4 is 34.2 Å². The van der Waals surface area contributed by atoms with Crippen molar-refractivity contribution in [1.29, 1.82) is 0 Å². The topological polar surface area (TPSA) is 49.4 Å². The zero-order valence-corrected chi connectivity index (χ0v) is 16.2. The number of nitrogens with zero attached hydrogens (tertiary/aromatic N) is 1. The molecule has 1 aliphatic heterocycles. The second-order valence-corrected chi connectivity index (χ2v) is 7.51. The van der Waals surface area contributed by atoms with Crippen molar-refractivity contribution in [1.82, 2.24) is 10.2 Å². The molecule has 1 heterocycles. The summed E-state index contributed by atoms with van der Waals surface area (Å²) < 4.78 is 0. The molecule has 4 nitrogen and oxygen atoms in total. The second kappa shape index (κ2) is 8.03. The van der Waals surface area contributed by atoms with E-state index in [4.69, 9.17) is 11.6 Å². The number of amides is 2. The van der Waals surface area contributed by atoms with Crippen LogP contribution in [0.4, 0.5) is 0 Å². The molecule has 2 amide bonds. The minimum Gasteiger partial charge on any atom is -0.349 e. The number of halogens is 1. The molecule has 0 saturated carbocycles. The predicted molar refractivity (Wildman–Crippen MR) is 112 cm³/mol. The molecule has 1 fully saturated rings. The van der Waals surface area contributed by atoms with Crippen LogP contribution in [0.2, 0.25) is 5.02 Å². The maximum atomic E-state index is 12.8. The summed E-state index contributed by atoms with van der Waals surface area (Å²) in [6, 6.07) is 20.7. The van der Waals surface area contributed by atoms with Gasteiger partial charge in [-0.15, -0.1) is 0 Å². The molecule has 3 aromatic carbocycles. The molecule has 1 N–H and O–H groups in total. The van der Waals surface area contributed by atoms with Crippen LogP contribution in [-0.4, -0.2) is 35.8 Å². The number of nitrogens with one attached hydrogen (secondary N) is 1. The van der Waals surface area contributed by atoms with E-state index >= 15 is 0 Å². The van der Waals surface area contributed by atoms with Gasteiger partial charge >= 0.3 is 0 Å². The highest BCUT2D eigenvalue weighted by Gasteiger charge is 2.25. The van der Waals surface area contributed by atoms with E-state index in [1.54, 1.807) is 24.3 Å². The molecule has 0 bridgehead atoms. The average Bonchev–Trinajstić information content (AvgIpc) is 2.73. The first-order valence-corrected chi connectivity index (χ1v) is 9.83. The van der Waals surface area contributed by atoms with Crippen LogP contribution < -0.4 is 5.32 Å². The van der Waals surface area contributed by atoms with E-state index in [9.17, 15) is 9.59 Å². The molecule has 3 aromatic rings. The van der Waals surface area contributed by atoms with Crippen LogP contribution in [0.5, 0.6) is 0 Å². The van der Waals surface area contributed by atoms with E-state index in [2.05, 4.69) is 5.32 Å². The molecule has 0 aliphatic carbocycles. The van der Waals surface area contributed by atoms with Gasteiger partial charge in [-0.2, -0.15) is 0 Å². The fourth-order valence-electron chi connectivity index (χ4n) is 3.72. The Morgan fingerprint density at radius 1 is 0.929 bits per heavy atom. The zero-order valence-electron chi connectivity index (χ0n) is 15.4. The smallest absolute Gasteiger partial charge is 0.253 e. The molecule has 142 valence electrons. The van der Waals surface area contributed by atoms with Crippen LogP contribution in [0.25, 0.3) is 10.8 Å². The SMILES string of the molecule is O=C(NC1CCN(C(=O)c2cccc(Cl)c2)CC1)c1cccc2ccccc12. The number of likely N-dealkylation sites (tertiary alicyclic amines) is 1. The second-order valence-electron chi connectivity index (χ2n) is 7.08. The van der Waals surface area contributed by atoms with Crippen LogP contribution >= 0.6 is 11.6 Å². The van der Waals surface area contributed by atoms with Crippen molar-refractivity contribution in [2.24, 2.45) is 0 Å². The third-order valence-corrected chi connectivity index (χ3v) is 5.46. The molecule has 0 radical (unpaired) electrons. The fourth-order valence-corrected chi connectivity index (χ4v) is 3.91. The van der Waals surface area contributed by atoms with Gasteiger partial charge in [0.2, 0.25) is 0 Å². The fraction of sp³-hybridized carbons (Fsp3) is 0.217. The van der Waals surface area contributed by atoms with E-state index < -0.39 is 0 Å². The van der Waals surface area contributed by atoms with E-state index in [-0.39, 0.29) is 17.9 Å². The van der Waals surface area contributed by atoms with Crippen molar-refractivity contribution in [3.63, 3.8) is 0 Å². The first-order chi connectivity index (χ1) is 13.6. The van der Waals surface area contributed by atoms with Crippen LogP contribution in [0.15, 0.2) is 66.7 Å². The molecule has 0 spiro atoms. The third kappa shape index (κ3) is 3.87. The first-order valence-electron chi connectivity index (χ1n) is 9.45. The van der Waals surface area contributed by atoms with Crippen molar-refractivity contribution < 1.29 is 9.59 Å². The Morgan fingerprint density at radius 3 is 2.43 bits per heavy atom. The lowest BCUT2D eigenvalue weighted by atomic mass is 10.0. The predicted octanol–water partition coefficient (Wildman–Crippen LogP) is 4.53. The van der Waals surface area contributed by atoms with E-state index in [0.29, 0.717) is 29.2 Å². The molecular formula is C23H21ClN2O2. The molecule has 4 rings (SSSR count). The highest BCUT2D eigenvalue weighted by atomic mass is 35.5. The summed E-state index contributed by atoms with van der Waals surface area (Å²) in [4.78, 5) is 27.2. The van der Waals surface area contributed by atoms with Crippen LogP contribution in [0, 0.1) is 0 Å². The normalized spacial score (nSPS) is 14.8. The summed E-state index contributed by atoms with van der Waals surface area (Å²) in [5.74, 6) is -0.0715. The van der Waals surface area contributed by atoms with Gasteiger partial charge in [-0.25, -0.2) is 0 Å². The Bertz CT molecular complexity index is 1020. The summed E-state index contributed by atoms with van der Waals surface area (Å²) in [6.07, 6.45) is 1.48. The Morgan fingerprint density at radius 2 is 1.64 bits per heavy atom. The van der Waals surface area contributed by atoms with E-state index in [1.807, 2.05) is 47.4 Å². The summed E-state index contributed by atoms with van der Waals surface area (Å²) in [7, 11) is 0. The number of hydrogen-bond acceptors (Lipinski definition) is 2. The minimum absolute atomic E-state index is 0.0127. The lowest BCUT2D eigenvalue weighted by molar-refractivity contribution is 0.0698. The van der Waals surface area contributed by atoms with Gasteiger partial charge in [-0.3, -0.25) is 9.59 Å². The van der Waals surface area contributed by atoms with Crippen LogP contribution in [0.3, 0.4) is 0 Å². The number of rotatable bonds is 3. The Labute approximate surface area is 169 Å². The van der Waals surface area contributed by atoms with Gasteiger partial charge < -0.3 is 10.2 Å². The number of carbonyl (C=O) groups excluding carboxylic acids is 2.